The highest BCUT2D eigenvalue weighted by molar-refractivity contribution is 5.30. The second-order valence-corrected chi connectivity index (χ2v) is 7.53. The van der Waals surface area contributed by atoms with E-state index in [0.717, 1.165) is 29.2 Å². The van der Waals surface area contributed by atoms with Gasteiger partial charge >= 0.3 is 0 Å². The Hall–Kier alpha value is -0.890. The molecule has 4 saturated carbocycles. The maximum Gasteiger partial charge on any atom is 0.123 e. The summed E-state index contributed by atoms with van der Waals surface area (Å²) >= 11 is 0. The summed E-state index contributed by atoms with van der Waals surface area (Å²) in [6.45, 7) is 1.99. The second-order valence-electron chi connectivity index (χ2n) is 7.53. The average molecular weight is 273 g/mol. The predicted molar refractivity (Wildman–Crippen MR) is 78.6 cm³/mol. The average Bonchev–Trinajstić information content (AvgIpc) is 2.37. The van der Waals surface area contributed by atoms with Crippen LogP contribution in [0.15, 0.2) is 18.2 Å². The van der Waals surface area contributed by atoms with Gasteiger partial charge in [-0.05, 0) is 91.9 Å². The number of benzene rings is 1. The Labute approximate surface area is 120 Å². The van der Waals surface area contributed by atoms with Gasteiger partial charge in [-0.3, -0.25) is 0 Å². The van der Waals surface area contributed by atoms with Crippen LogP contribution in [0.5, 0.6) is 0 Å². The highest BCUT2D eigenvalue weighted by Gasteiger charge is 2.50. The Morgan fingerprint density at radius 3 is 2.20 bits per heavy atom. The molecule has 2 heteroatoms. The van der Waals surface area contributed by atoms with E-state index in [2.05, 4.69) is 0 Å². The van der Waals surface area contributed by atoms with Gasteiger partial charge in [0.25, 0.3) is 0 Å². The maximum absolute atomic E-state index is 13.3. The summed E-state index contributed by atoms with van der Waals surface area (Å²) in [5.41, 5.74) is 8.84. The van der Waals surface area contributed by atoms with Crippen molar-refractivity contribution < 1.29 is 4.39 Å². The van der Waals surface area contributed by atoms with E-state index in [9.17, 15) is 4.39 Å². The zero-order valence-corrected chi connectivity index (χ0v) is 12.2. The van der Waals surface area contributed by atoms with Gasteiger partial charge < -0.3 is 5.73 Å². The Kier molecular flexibility index (Phi) is 2.92. The zero-order valence-electron chi connectivity index (χ0n) is 12.2. The minimum absolute atomic E-state index is 0.102. The van der Waals surface area contributed by atoms with Gasteiger partial charge in [0.05, 0.1) is 0 Å². The SMILES string of the molecule is Cc1cc(F)ccc1C(N)C1C2CC3CC(C2)CC1C3. The van der Waals surface area contributed by atoms with E-state index in [-0.39, 0.29) is 11.9 Å². The highest BCUT2D eigenvalue weighted by Crippen LogP contribution is 2.59. The molecule has 20 heavy (non-hydrogen) atoms. The number of aryl methyl sites for hydroxylation is 1. The van der Waals surface area contributed by atoms with E-state index in [0.29, 0.717) is 5.92 Å². The number of hydrogen-bond acceptors (Lipinski definition) is 1. The van der Waals surface area contributed by atoms with Crippen molar-refractivity contribution in [1.82, 2.24) is 0 Å². The van der Waals surface area contributed by atoms with Gasteiger partial charge in [0.2, 0.25) is 0 Å². The quantitative estimate of drug-likeness (QED) is 0.858. The minimum Gasteiger partial charge on any atom is -0.324 e. The standard InChI is InChI=1S/C18H24FN/c1-10-4-15(19)2-3-16(10)18(20)17-13-6-11-5-12(8-13)9-14(17)7-11/h2-4,11-14,17-18H,5-9,20H2,1H3. The molecular formula is C18H24FN. The van der Waals surface area contributed by atoms with Crippen LogP contribution >= 0.6 is 0 Å². The molecule has 4 aliphatic rings. The first kappa shape index (κ1) is 12.8. The summed E-state index contributed by atoms with van der Waals surface area (Å²) in [5.74, 6) is 4.09. The molecule has 0 aliphatic heterocycles. The fourth-order valence-electron chi connectivity index (χ4n) is 5.77. The van der Waals surface area contributed by atoms with E-state index < -0.39 is 0 Å². The molecule has 0 amide bonds. The first-order valence-electron chi connectivity index (χ1n) is 8.13. The molecule has 4 aliphatic carbocycles. The third kappa shape index (κ3) is 1.92. The number of hydrogen-bond donors (Lipinski definition) is 1. The van der Waals surface area contributed by atoms with E-state index in [4.69, 9.17) is 5.73 Å². The highest BCUT2D eigenvalue weighted by atomic mass is 19.1. The van der Waals surface area contributed by atoms with Crippen LogP contribution in [-0.2, 0) is 0 Å². The Bertz CT molecular complexity index is 496. The van der Waals surface area contributed by atoms with Gasteiger partial charge in [-0.1, -0.05) is 6.07 Å². The van der Waals surface area contributed by atoms with Gasteiger partial charge in [-0.15, -0.1) is 0 Å². The van der Waals surface area contributed by atoms with Crippen LogP contribution in [0, 0.1) is 42.3 Å². The molecule has 1 nitrogen and oxygen atoms in total. The first-order chi connectivity index (χ1) is 9.61. The van der Waals surface area contributed by atoms with Crippen molar-refractivity contribution >= 4 is 0 Å². The molecule has 4 bridgehead atoms. The van der Waals surface area contributed by atoms with Crippen LogP contribution < -0.4 is 5.73 Å². The topological polar surface area (TPSA) is 26.0 Å². The first-order valence-corrected chi connectivity index (χ1v) is 8.13. The molecule has 5 rings (SSSR count). The number of nitrogens with two attached hydrogens (primary N) is 1. The Morgan fingerprint density at radius 1 is 1.05 bits per heavy atom. The largest absolute Gasteiger partial charge is 0.324 e. The van der Waals surface area contributed by atoms with Crippen LogP contribution in [0.2, 0.25) is 0 Å². The molecule has 1 aromatic rings. The molecule has 0 radical (unpaired) electrons. The molecular weight excluding hydrogens is 249 g/mol. The van der Waals surface area contributed by atoms with Crippen LogP contribution in [0.4, 0.5) is 4.39 Å². The monoisotopic (exact) mass is 273 g/mol. The van der Waals surface area contributed by atoms with Crippen LogP contribution in [0.3, 0.4) is 0 Å². The van der Waals surface area contributed by atoms with Crippen molar-refractivity contribution in [3.8, 4) is 0 Å². The number of rotatable bonds is 2. The predicted octanol–water partition coefficient (Wildman–Crippen LogP) is 4.21. The lowest BCUT2D eigenvalue weighted by molar-refractivity contribution is -0.0472. The molecule has 1 aromatic carbocycles. The van der Waals surface area contributed by atoms with E-state index >= 15 is 0 Å². The lowest BCUT2D eigenvalue weighted by Crippen LogP contribution is -2.48. The lowest BCUT2D eigenvalue weighted by Gasteiger charge is -2.56. The van der Waals surface area contributed by atoms with Crippen LogP contribution in [0.25, 0.3) is 0 Å². The molecule has 1 unspecified atom stereocenters. The molecule has 0 spiro atoms. The van der Waals surface area contributed by atoms with Crippen molar-refractivity contribution in [2.24, 2.45) is 35.3 Å². The maximum atomic E-state index is 13.3. The molecule has 0 heterocycles. The molecule has 0 aromatic heterocycles. The lowest BCUT2D eigenvalue weighted by atomic mass is 9.50. The normalized spacial score (nSPS) is 40.0. The fraction of sp³-hybridized carbons (Fsp3) is 0.667. The molecule has 108 valence electrons. The summed E-state index contributed by atoms with van der Waals surface area (Å²) in [6.07, 6.45) is 7.05. The van der Waals surface area contributed by atoms with Crippen molar-refractivity contribution in [3.05, 3.63) is 35.1 Å². The van der Waals surface area contributed by atoms with Crippen molar-refractivity contribution in [1.29, 1.82) is 0 Å². The van der Waals surface area contributed by atoms with Crippen LogP contribution in [-0.4, -0.2) is 0 Å². The van der Waals surface area contributed by atoms with Crippen LogP contribution in [0.1, 0.15) is 49.3 Å². The van der Waals surface area contributed by atoms with Gasteiger partial charge in [0, 0.05) is 6.04 Å². The third-order valence-electron chi connectivity index (χ3n) is 6.31. The smallest absolute Gasteiger partial charge is 0.123 e. The van der Waals surface area contributed by atoms with Gasteiger partial charge in [0.1, 0.15) is 5.82 Å². The van der Waals surface area contributed by atoms with Crippen molar-refractivity contribution in [2.45, 2.75) is 45.1 Å². The zero-order chi connectivity index (χ0) is 13.9. The van der Waals surface area contributed by atoms with Crippen molar-refractivity contribution in [2.75, 3.05) is 0 Å². The van der Waals surface area contributed by atoms with Gasteiger partial charge in [-0.2, -0.15) is 0 Å². The Balaban J connectivity index is 1.63. The summed E-state index contributed by atoms with van der Waals surface area (Å²) < 4.78 is 13.3. The fourth-order valence-corrected chi connectivity index (χ4v) is 5.77. The van der Waals surface area contributed by atoms with Crippen molar-refractivity contribution in [3.63, 3.8) is 0 Å². The summed E-state index contributed by atoms with van der Waals surface area (Å²) in [5, 5.41) is 0. The molecule has 4 fully saturated rings. The van der Waals surface area contributed by atoms with E-state index in [1.807, 2.05) is 13.0 Å². The number of halogens is 1. The summed E-state index contributed by atoms with van der Waals surface area (Å²) in [7, 11) is 0. The Morgan fingerprint density at radius 2 is 1.65 bits per heavy atom. The summed E-state index contributed by atoms with van der Waals surface area (Å²) in [4.78, 5) is 0. The molecule has 0 saturated heterocycles. The second kappa shape index (κ2) is 4.56. The van der Waals surface area contributed by atoms with E-state index in [1.165, 1.54) is 37.7 Å². The van der Waals surface area contributed by atoms with Gasteiger partial charge in [-0.25, -0.2) is 4.39 Å². The molecule has 2 N–H and O–H groups in total. The van der Waals surface area contributed by atoms with Gasteiger partial charge in [0.15, 0.2) is 0 Å². The minimum atomic E-state index is -0.150. The third-order valence-corrected chi connectivity index (χ3v) is 6.31. The van der Waals surface area contributed by atoms with E-state index in [1.54, 1.807) is 12.1 Å². The molecule has 1 atom stereocenters. The summed E-state index contributed by atoms with van der Waals surface area (Å²) in [6, 6.07) is 5.22.